The number of hydrogen-bond acceptors (Lipinski definition) is 4. The van der Waals surface area contributed by atoms with Gasteiger partial charge < -0.3 is 15.5 Å². The second-order valence-electron chi connectivity index (χ2n) is 4.05. The Bertz CT molecular complexity index is 608. The van der Waals surface area contributed by atoms with Crippen LogP contribution in [0.3, 0.4) is 0 Å². The van der Waals surface area contributed by atoms with Gasteiger partial charge in [-0.3, -0.25) is 9.89 Å². The van der Waals surface area contributed by atoms with Crippen LogP contribution in [0.5, 0.6) is 0 Å². The van der Waals surface area contributed by atoms with Crippen molar-refractivity contribution in [3.63, 3.8) is 0 Å². The summed E-state index contributed by atoms with van der Waals surface area (Å²) in [6.07, 6.45) is 1.59. The van der Waals surface area contributed by atoms with Crippen molar-refractivity contribution < 1.29 is 19.8 Å². The number of carbonyl (C=O) groups excluding carboxylic acids is 1. The average Bonchev–Trinajstić information content (AvgIpc) is 2.85. The van der Waals surface area contributed by atoms with Gasteiger partial charge in [0.25, 0.3) is 5.91 Å². The molecule has 1 aromatic heterocycles. The zero-order valence-electron chi connectivity index (χ0n) is 9.96. The molecule has 1 atom stereocenters. The smallest absolute Gasteiger partial charge is 0.326 e. The van der Waals surface area contributed by atoms with Gasteiger partial charge in [0.15, 0.2) is 0 Å². The minimum Gasteiger partial charge on any atom is -0.480 e. The van der Waals surface area contributed by atoms with E-state index in [1.54, 1.807) is 24.4 Å². The number of aromatic amines is 1. The maximum atomic E-state index is 11.9. The molecule has 7 nitrogen and oxygen atoms in total. The third-order valence-corrected chi connectivity index (χ3v) is 2.73. The summed E-state index contributed by atoms with van der Waals surface area (Å²) in [4.78, 5) is 22.8. The minimum absolute atomic E-state index is 0.0344. The van der Waals surface area contributed by atoms with Crippen molar-refractivity contribution >= 4 is 22.8 Å². The summed E-state index contributed by atoms with van der Waals surface area (Å²) < 4.78 is 0. The Labute approximate surface area is 108 Å². The van der Waals surface area contributed by atoms with E-state index in [9.17, 15) is 9.59 Å². The number of carbonyl (C=O) groups is 2. The van der Waals surface area contributed by atoms with E-state index in [-0.39, 0.29) is 13.0 Å². The molecule has 2 aromatic rings. The molecule has 0 saturated heterocycles. The van der Waals surface area contributed by atoms with Gasteiger partial charge in [0, 0.05) is 24.0 Å². The molecule has 0 saturated carbocycles. The fourth-order valence-corrected chi connectivity index (χ4v) is 1.71. The van der Waals surface area contributed by atoms with E-state index >= 15 is 0 Å². The van der Waals surface area contributed by atoms with Gasteiger partial charge in [-0.05, 0) is 12.1 Å². The first-order valence-electron chi connectivity index (χ1n) is 5.69. The largest absolute Gasteiger partial charge is 0.480 e. The molecule has 4 N–H and O–H groups in total. The predicted molar refractivity (Wildman–Crippen MR) is 66.7 cm³/mol. The fourth-order valence-electron chi connectivity index (χ4n) is 1.71. The Kier molecular flexibility index (Phi) is 3.76. The number of carboxylic acid groups (broad SMARTS) is 1. The molecule has 0 radical (unpaired) electrons. The van der Waals surface area contributed by atoms with E-state index in [0.29, 0.717) is 11.1 Å². The van der Waals surface area contributed by atoms with Crippen LogP contribution in [0.15, 0.2) is 24.4 Å². The van der Waals surface area contributed by atoms with E-state index in [1.807, 2.05) is 0 Å². The first-order valence-corrected chi connectivity index (χ1v) is 5.69. The highest BCUT2D eigenvalue weighted by Crippen LogP contribution is 2.12. The van der Waals surface area contributed by atoms with Gasteiger partial charge >= 0.3 is 5.97 Å². The van der Waals surface area contributed by atoms with Gasteiger partial charge in [0.2, 0.25) is 0 Å². The predicted octanol–water partition coefficient (Wildman–Crippen LogP) is 0.128. The summed E-state index contributed by atoms with van der Waals surface area (Å²) in [6.45, 7) is -0.309. The molecule has 1 heterocycles. The van der Waals surface area contributed by atoms with E-state index in [1.165, 1.54) is 0 Å². The first kappa shape index (κ1) is 13.0. The Hall–Kier alpha value is -2.41. The summed E-state index contributed by atoms with van der Waals surface area (Å²) in [5.41, 5.74) is 1.03. The second-order valence-corrected chi connectivity index (χ2v) is 4.05. The molecule has 100 valence electrons. The lowest BCUT2D eigenvalue weighted by molar-refractivity contribution is -0.139. The summed E-state index contributed by atoms with van der Waals surface area (Å²) >= 11 is 0. The summed E-state index contributed by atoms with van der Waals surface area (Å²) in [6, 6.07) is 3.80. The zero-order valence-corrected chi connectivity index (χ0v) is 9.96. The monoisotopic (exact) mass is 263 g/mol. The molecule has 1 unspecified atom stereocenters. The summed E-state index contributed by atoms with van der Waals surface area (Å²) in [7, 11) is 0. The quantitative estimate of drug-likeness (QED) is 0.612. The zero-order chi connectivity index (χ0) is 13.8. The topological polar surface area (TPSA) is 115 Å². The molecule has 0 bridgehead atoms. The van der Waals surface area contributed by atoms with E-state index < -0.39 is 17.9 Å². The maximum absolute atomic E-state index is 11.9. The van der Waals surface area contributed by atoms with Crippen molar-refractivity contribution in [2.75, 3.05) is 6.61 Å². The van der Waals surface area contributed by atoms with Crippen LogP contribution < -0.4 is 5.32 Å². The number of fused-ring (bicyclic) bond motifs is 1. The lowest BCUT2D eigenvalue weighted by atomic mass is 10.1. The number of hydrogen-bond donors (Lipinski definition) is 4. The first-order chi connectivity index (χ1) is 9.11. The molecule has 1 amide bonds. The molecular weight excluding hydrogens is 250 g/mol. The average molecular weight is 263 g/mol. The highest BCUT2D eigenvalue weighted by Gasteiger charge is 2.20. The highest BCUT2D eigenvalue weighted by molar-refractivity contribution is 5.99. The minimum atomic E-state index is -1.18. The number of aliphatic hydroxyl groups excluding tert-OH is 1. The van der Waals surface area contributed by atoms with Crippen molar-refractivity contribution in [3.8, 4) is 0 Å². The molecule has 0 spiro atoms. The number of rotatable bonds is 5. The number of nitrogens with one attached hydrogen (secondary N) is 2. The molecule has 0 aliphatic heterocycles. The highest BCUT2D eigenvalue weighted by atomic mass is 16.4. The Balaban J connectivity index is 2.16. The number of H-pyrrole nitrogens is 1. The van der Waals surface area contributed by atoms with Crippen molar-refractivity contribution in [2.24, 2.45) is 0 Å². The van der Waals surface area contributed by atoms with Crippen molar-refractivity contribution in [1.82, 2.24) is 15.5 Å². The van der Waals surface area contributed by atoms with Crippen LogP contribution in [0.1, 0.15) is 16.8 Å². The van der Waals surface area contributed by atoms with Gasteiger partial charge in [-0.1, -0.05) is 6.07 Å². The van der Waals surface area contributed by atoms with Crippen molar-refractivity contribution in [3.05, 3.63) is 30.0 Å². The SMILES string of the molecule is O=C(NC(CCO)C(=O)O)c1ccc2cn[nH]c2c1. The van der Waals surface area contributed by atoms with Crippen LogP contribution in [-0.4, -0.2) is 44.9 Å². The number of nitrogens with zero attached hydrogens (tertiary/aromatic N) is 1. The van der Waals surface area contributed by atoms with Gasteiger partial charge in [-0.15, -0.1) is 0 Å². The standard InChI is InChI=1S/C12H13N3O4/c16-4-3-9(12(18)19)14-11(17)7-1-2-8-6-13-15-10(8)5-7/h1-2,5-6,9,16H,3-4H2,(H,13,15)(H,14,17)(H,18,19). The molecule has 0 aliphatic carbocycles. The molecule has 19 heavy (non-hydrogen) atoms. The van der Waals surface area contributed by atoms with Crippen molar-refractivity contribution in [2.45, 2.75) is 12.5 Å². The number of aliphatic carboxylic acids is 1. The van der Waals surface area contributed by atoms with Gasteiger partial charge in [0.1, 0.15) is 6.04 Å². The van der Waals surface area contributed by atoms with Crippen LogP contribution in [0.25, 0.3) is 10.9 Å². The summed E-state index contributed by atoms with van der Waals surface area (Å²) in [5.74, 6) is -1.68. The number of carboxylic acids is 1. The van der Waals surface area contributed by atoms with E-state index in [4.69, 9.17) is 10.2 Å². The van der Waals surface area contributed by atoms with Gasteiger partial charge in [-0.25, -0.2) is 4.79 Å². The molecule has 1 aromatic carbocycles. The third kappa shape index (κ3) is 2.89. The van der Waals surface area contributed by atoms with Crippen LogP contribution in [0, 0.1) is 0 Å². The Morgan fingerprint density at radius 2 is 2.21 bits per heavy atom. The van der Waals surface area contributed by atoms with Crippen LogP contribution in [0.4, 0.5) is 0 Å². The van der Waals surface area contributed by atoms with Gasteiger partial charge in [-0.2, -0.15) is 5.10 Å². The third-order valence-electron chi connectivity index (χ3n) is 2.73. The molecule has 2 rings (SSSR count). The molecule has 0 fully saturated rings. The lowest BCUT2D eigenvalue weighted by Gasteiger charge is -2.13. The maximum Gasteiger partial charge on any atom is 0.326 e. The number of aliphatic hydroxyl groups is 1. The Morgan fingerprint density at radius 3 is 2.89 bits per heavy atom. The fraction of sp³-hybridized carbons (Fsp3) is 0.250. The van der Waals surface area contributed by atoms with Crippen LogP contribution >= 0.6 is 0 Å². The van der Waals surface area contributed by atoms with E-state index in [0.717, 1.165) is 5.39 Å². The second kappa shape index (κ2) is 5.49. The van der Waals surface area contributed by atoms with E-state index in [2.05, 4.69) is 15.5 Å². The van der Waals surface area contributed by atoms with Crippen LogP contribution in [-0.2, 0) is 4.79 Å². The molecular formula is C12H13N3O4. The normalized spacial score (nSPS) is 12.3. The Morgan fingerprint density at radius 1 is 1.42 bits per heavy atom. The van der Waals surface area contributed by atoms with Crippen LogP contribution in [0.2, 0.25) is 0 Å². The lowest BCUT2D eigenvalue weighted by Crippen LogP contribution is -2.41. The number of benzene rings is 1. The number of aromatic nitrogens is 2. The number of amides is 1. The van der Waals surface area contributed by atoms with Gasteiger partial charge in [0.05, 0.1) is 11.7 Å². The van der Waals surface area contributed by atoms with Crippen molar-refractivity contribution in [1.29, 1.82) is 0 Å². The summed E-state index contributed by atoms with van der Waals surface area (Å²) in [5, 5.41) is 27.4. The molecule has 7 heteroatoms. The molecule has 0 aliphatic rings.